The fourth-order valence-electron chi connectivity index (χ4n) is 3.62. The van der Waals surface area contributed by atoms with Crippen LogP contribution in [0.5, 0.6) is 0 Å². The Hall–Kier alpha value is -2.83. The van der Waals surface area contributed by atoms with Gasteiger partial charge in [-0.15, -0.1) is 0 Å². The van der Waals surface area contributed by atoms with Crippen molar-refractivity contribution in [3.8, 4) is 0 Å². The molecule has 0 unspecified atom stereocenters. The maximum absolute atomic E-state index is 12.5. The number of nitrogens with zero attached hydrogens (tertiary/aromatic N) is 8. The summed E-state index contributed by atoms with van der Waals surface area (Å²) < 4.78 is 5.42. The SMILES string of the molecule is CCc1nc(Nc2nc(N3CCOCC3)c(Cl)nc2C(=O)NC)nc(N2CCN(C)CC2)n1. The molecule has 1 amide bonds. The van der Waals surface area contributed by atoms with Gasteiger partial charge in [0.1, 0.15) is 5.82 Å². The summed E-state index contributed by atoms with van der Waals surface area (Å²) in [5.41, 5.74) is 0.0686. The first-order valence-corrected chi connectivity index (χ1v) is 11.4. The number of amides is 1. The third kappa shape index (κ3) is 5.40. The number of halogens is 1. The van der Waals surface area contributed by atoms with Gasteiger partial charge in [-0.1, -0.05) is 18.5 Å². The molecule has 2 fully saturated rings. The van der Waals surface area contributed by atoms with E-state index in [0.29, 0.717) is 56.3 Å². The molecule has 0 spiro atoms. The van der Waals surface area contributed by atoms with Crippen LogP contribution in [0.2, 0.25) is 5.15 Å². The van der Waals surface area contributed by atoms with Crippen LogP contribution in [0.25, 0.3) is 0 Å². The number of aryl methyl sites for hydroxylation is 1. The molecule has 0 radical (unpaired) electrons. The first-order valence-electron chi connectivity index (χ1n) is 11.1. The number of carbonyl (C=O) groups is 1. The number of morpholine rings is 1. The number of piperazine rings is 1. The molecule has 2 N–H and O–H groups in total. The molecule has 0 aromatic carbocycles. The molecule has 0 atom stereocenters. The van der Waals surface area contributed by atoms with E-state index >= 15 is 0 Å². The van der Waals surface area contributed by atoms with Crippen molar-refractivity contribution in [3.05, 3.63) is 16.7 Å². The van der Waals surface area contributed by atoms with Gasteiger partial charge in [0.15, 0.2) is 22.5 Å². The predicted octanol–water partition coefficient (Wildman–Crippen LogP) is 0.569. The Bertz CT molecular complexity index is 993. The lowest BCUT2D eigenvalue weighted by atomic mass is 10.3. The predicted molar refractivity (Wildman–Crippen MR) is 126 cm³/mol. The third-order valence-corrected chi connectivity index (χ3v) is 5.85. The van der Waals surface area contributed by atoms with Crippen LogP contribution < -0.4 is 20.4 Å². The molecule has 2 saturated heterocycles. The van der Waals surface area contributed by atoms with E-state index in [0.717, 1.165) is 26.2 Å². The minimum absolute atomic E-state index is 0.0686. The maximum atomic E-state index is 12.5. The number of hydrogen-bond acceptors (Lipinski definition) is 11. The lowest BCUT2D eigenvalue weighted by molar-refractivity contribution is 0.0958. The van der Waals surface area contributed by atoms with E-state index in [4.69, 9.17) is 16.3 Å². The molecule has 2 aromatic heterocycles. The van der Waals surface area contributed by atoms with Gasteiger partial charge in [0, 0.05) is 52.7 Å². The molecule has 178 valence electrons. The molecule has 33 heavy (non-hydrogen) atoms. The number of nitrogens with one attached hydrogen (secondary N) is 2. The molecular weight excluding hydrogens is 448 g/mol. The summed E-state index contributed by atoms with van der Waals surface area (Å²) in [6.45, 7) is 7.91. The second kappa shape index (κ2) is 10.4. The molecule has 4 heterocycles. The van der Waals surface area contributed by atoms with E-state index in [9.17, 15) is 4.79 Å². The zero-order valence-corrected chi connectivity index (χ0v) is 19.9. The topological polar surface area (TPSA) is 125 Å². The second-order valence-electron chi connectivity index (χ2n) is 7.86. The summed E-state index contributed by atoms with van der Waals surface area (Å²) >= 11 is 6.41. The van der Waals surface area contributed by atoms with E-state index in [2.05, 4.69) is 52.4 Å². The number of anilines is 4. The molecule has 0 bridgehead atoms. The van der Waals surface area contributed by atoms with E-state index in [1.807, 2.05) is 11.8 Å². The lowest BCUT2D eigenvalue weighted by Gasteiger charge is -2.32. The normalized spacial score (nSPS) is 17.2. The highest BCUT2D eigenvalue weighted by Crippen LogP contribution is 2.28. The number of aromatic nitrogens is 5. The van der Waals surface area contributed by atoms with E-state index in [-0.39, 0.29) is 16.7 Å². The average Bonchev–Trinajstić information content (AvgIpc) is 2.85. The summed E-state index contributed by atoms with van der Waals surface area (Å²) in [5.74, 6) is 1.87. The van der Waals surface area contributed by atoms with Crippen LogP contribution in [-0.2, 0) is 11.2 Å². The van der Waals surface area contributed by atoms with Crippen molar-refractivity contribution < 1.29 is 9.53 Å². The first kappa shape index (κ1) is 23.3. The van der Waals surface area contributed by atoms with Gasteiger partial charge in [-0.3, -0.25) is 4.79 Å². The molecule has 2 aliphatic rings. The van der Waals surface area contributed by atoms with Crippen LogP contribution >= 0.6 is 11.6 Å². The van der Waals surface area contributed by atoms with Crippen molar-refractivity contribution in [1.29, 1.82) is 0 Å². The van der Waals surface area contributed by atoms with Crippen molar-refractivity contribution >= 4 is 41.0 Å². The Balaban J connectivity index is 1.69. The third-order valence-electron chi connectivity index (χ3n) is 5.59. The van der Waals surface area contributed by atoms with Crippen molar-refractivity contribution in [1.82, 2.24) is 35.1 Å². The Kier molecular flexibility index (Phi) is 7.36. The minimum Gasteiger partial charge on any atom is -0.378 e. The Morgan fingerprint density at radius 2 is 1.73 bits per heavy atom. The number of likely N-dealkylation sites (N-methyl/N-ethyl adjacent to an activating group) is 1. The number of rotatable bonds is 6. The highest BCUT2D eigenvalue weighted by molar-refractivity contribution is 6.32. The number of ether oxygens (including phenoxy) is 1. The smallest absolute Gasteiger partial charge is 0.273 e. The van der Waals surface area contributed by atoms with Gasteiger partial charge in [-0.05, 0) is 7.05 Å². The Morgan fingerprint density at radius 3 is 2.39 bits per heavy atom. The zero-order chi connectivity index (χ0) is 23.4. The van der Waals surface area contributed by atoms with Gasteiger partial charge < -0.3 is 30.1 Å². The van der Waals surface area contributed by atoms with Crippen LogP contribution in [0.4, 0.5) is 23.5 Å². The summed E-state index contributed by atoms with van der Waals surface area (Å²) in [4.78, 5) is 41.6. The molecule has 12 nitrogen and oxygen atoms in total. The lowest BCUT2D eigenvalue weighted by Crippen LogP contribution is -2.45. The quantitative estimate of drug-likeness (QED) is 0.607. The average molecular weight is 477 g/mol. The molecule has 4 rings (SSSR count). The fourth-order valence-corrected chi connectivity index (χ4v) is 3.87. The van der Waals surface area contributed by atoms with Crippen molar-refractivity contribution in [3.63, 3.8) is 0 Å². The molecule has 0 saturated carbocycles. The molecule has 2 aliphatic heterocycles. The number of hydrogen-bond donors (Lipinski definition) is 2. The fraction of sp³-hybridized carbons (Fsp3) is 0.600. The highest BCUT2D eigenvalue weighted by Gasteiger charge is 2.24. The van der Waals surface area contributed by atoms with Crippen LogP contribution in [0.15, 0.2) is 0 Å². The van der Waals surface area contributed by atoms with E-state index in [1.165, 1.54) is 7.05 Å². The van der Waals surface area contributed by atoms with Crippen LogP contribution in [0, 0.1) is 0 Å². The molecule has 13 heteroatoms. The molecular formula is C20H29ClN10O2. The maximum Gasteiger partial charge on any atom is 0.273 e. The Morgan fingerprint density at radius 1 is 1.00 bits per heavy atom. The first-order chi connectivity index (χ1) is 16.0. The van der Waals surface area contributed by atoms with Gasteiger partial charge in [0.05, 0.1) is 13.2 Å². The van der Waals surface area contributed by atoms with E-state index in [1.54, 1.807) is 0 Å². The standard InChI is InChI=1S/C20H29ClN10O2/c1-4-13-23-19(28-20(24-13)31-7-5-29(3)6-8-31)27-16-14(18(32)22-2)25-15(21)17(26-16)30-9-11-33-12-10-30/h4-12H2,1-3H3,(H,22,32)(H,23,24,26,27,28). The van der Waals surface area contributed by atoms with Crippen molar-refractivity contribution in [2.75, 3.05) is 81.7 Å². The summed E-state index contributed by atoms with van der Waals surface area (Å²) in [6.07, 6.45) is 0.644. The molecule has 0 aliphatic carbocycles. The zero-order valence-electron chi connectivity index (χ0n) is 19.1. The summed E-state index contributed by atoms with van der Waals surface area (Å²) in [5, 5.41) is 5.85. The van der Waals surface area contributed by atoms with Gasteiger partial charge in [-0.2, -0.15) is 15.0 Å². The van der Waals surface area contributed by atoms with E-state index < -0.39 is 5.91 Å². The monoisotopic (exact) mass is 476 g/mol. The largest absolute Gasteiger partial charge is 0.378 e. The summed E-state index contributed by atoms with van der Waals surface area (Å²) in [7, 11) is 3.63. The highest BCUT2D eigenvalue weighted by atomic mass is 35.5. The van der Waals surface area contributed by atoms with Crippen molar-refractivity contribution in [2.24, 2.45) is 0 Å². The van der Waals surface area contributed by atoms with Crippen LogP contribution in [0.3, 0.4) is 0 Å². The second-order valence-corrected chi connectivity index (χ2v) is 8.22. The van der Waals surface area contributed by atoms with Crippen molar-refractivity contribution in [2.45, 2.75) is 13.3 Å². The van der Waals surface area contributed by atoms with Crippen LogP contribution in [-0.4, -0.2) is 102 Å². The molecule has 2 aromatic rings. The Labute approximate surface area is 197 Å². The summed E-state index contributed by atoms with van der Waals surface area (Å²) in [6, 6.07) is 0. The van der Waals surface area contributed by atoms with Gasteiger partial charge in [0.25, 0.3) is 5.91 Å². The minimum atomic E-state index is -0.413. The number of carbonyl (C=O) groups excluding carboxylic acids is 1. The van der Waals surface area contributed by atoms with Gasteiger partial charge >= 0.3 is 0 Å². The van der Waals surface area contributed by atoms with Gasteiger partial charge in [0.2, 0.25) is 11.9 Å². The van der Waals surface area contributed by atoms with Gasteiger partial charge in [-0.25, -0.2) is 9.97 Å². The van der Waals surface area contributed by atoms with Crippen LogP contribution in [0.1, 0.15) is 23.2 Å².